The molecule has 0 aliphatic carbocycles. The molecule has 8 nitrogen and oxygen atoms in total. The van der Waals surface area contributed by atoms with E-state index in [9.17, 15) is 9.59 Å². The first-order chi connectivity index (χ1) is 16.5. The summed E-state index contributed by atoms with van der Waals surface area (Å²) < 4.78 is 17.6. The number of methoxy groups -OCH3 is 2. The van der Waals surface area contributed by atoms with Gasteiger partial charge in [0.15, 0.2) is 18.1 Å². The molecule has 0 unspecified atom stereocenters. The van der Waals surface area contributed by atoms with E-state index in [-0.39, 0.29) is 12.5 Å². The summed E-state index contributed by atoms with van der Waals surface area (Å²) in [5.74, 6) is 0.390. The van der Waals surface area contributed by atoms with Crippen molar-refractivity contribution >= 4 is 33.4 Å². The number of fused-ring (bicyclic) bond motifs is 1. The van der Waals surface area contributed by atoms with E-state index in [1.807, 2.05) is 60.1 Å². The highest BCUT2D eigenvalue weighted by molar-refractivity contribution is 7.20. The standard InChI is InChI=1S/C25H25N3O5S/c1-16-19-14-22(34-24(19)28(27-16)18-7-5-4-6-8-18)25(30)33-15-23(29)26-12-11-17-9-10-20(31-2)21(13-17)32-3/h4-10,13-14H,11-12,15H2,1-3H3,(H,26,29). The molecule has 0 saturated heterocycles. The Morgan fingerprint density at radius 2 is 1.79 bits per heavy atom. The molecule has 9 heteroatoms. The fraction of sp³-hybridized carbons (Fsp3) is 0.240. The summed E-state index contributed by atoms with van der Waals surface area (Å²) in [5.41, 5.74) is 2.72. The molecule has 0 saturated carbocycles. The number of para-hydroxylation sites is 1. The molecule has 0 spiro atoms. The average Bonchev–Trinajstić information content (AvgIpc) is 3.43. The lowest BCUT2D eigenvalue weighted by Gasteiger charge is -2.10. The zero-order chi connectivity index (χ0) is 24.1. The van der Waals surface area contributed by atoms with Gasteiger partial charge in [0.2, 0.25) is 0 Å². The van der Waals surface area contributed by atoms with E-state index in [0.717, 1.165) is 27.2 Å². The van der Waals surface area contributed by atoms with Crippen LogP contribution in [-0.4, -0.2) is 49.0 Å². The SMILES string of the molecule is COc1ccc(CCNC(=O)COC(=O)c2cc3c(C)nn(-c4ccccc4)c3s2)cc1OC. The molecule has 1 N–H and O–H groups in total. The van der Waals surface area contributed by atoms with E-state index >= 15 is 0 Å². The Morgan fingerprint density at radius 3 is 2.53 bits per heavy atom. The molecule has 2 aromatic carbocycles. The van der Waals surface area contributed by atoms with Crippen molar-refractivity contribution in [3.8, 4) is 17.2 Å². The number of nitrogens with one attached hydrogen (secondary N) is 1. The van der Waals surface area contributed by atoms with Crippen molar-refractivity contribution in [3.63, 3.8) is 0 Å². The van der Waals surface area contributed by atoms with Crippen LogP contribution < -0.4 is 14.8 Å². The molecule has 176 valence electrons. The summed E-state index contributed by atoms with van der Waals surface area (Å²) >= 11 is 1.29. The number of hydrogen-bond donors (Lipinski definition) is 1. The molecule has 2 heterocycles. The normalized spacial score (nSPS) is 10.8. The first-order valence-electron chi connectivity index (χ1n) is 10.7. The fourth-order valence-electron chi connectivity index (χ4n) is 3.53. The van der Waals surface area contributed by atoms with Crippen molar-refractivity contribution in [2.45, 2.75) is 13.3 Å². The molecule has 34 heavy (non-hydrogen) atoms. The minimum atomic E-state index is -0.532. The van der Waals surface area contributed by atoms with Gasteiger partial charge < -0.3 is 19.5 Å². The highest BCUT2D eigenvalue weighted by Crippen LogP contribution is 2.31. The van der Waals surface area contributed by atoms with Crippen LogP contribution >= 0.6 is 11.3 Å². The number of hydrogen-bond acceptors (Lipinski definition) is 7. The van der Waals surface area contributed by atoms with Crippen molar-refractivity contribution in [1.29, 1.82) is 0 Å². The van der Waals surface area contributed by atoms with Crippen LogP contribution in [0.3, 0.4) is 0 Å². The minimum Gasteiger partial charge on any atom is -0.493 e. The molecular formula is C25H25N3O5S. The molecule has 2 aromatic heterocycles. The molecule has 4 aromatic rings. The van der Waals surface area contributed by atoms with Gasteiger partial charge in [0.25, 0.3) is 5.91 Å². The van der Waals surface area contributed by atoms with Gasteiger partial charge in [0, 0.05) is 11.9 Å². The van der Waals surface area contributed by atoms with Crippen LogP contribution in [0.4, 0.5) is 0 Å². The lowest BCUT2D eigenvalue weighted by molar-refractivity contribution is -0.124. The summed E-state index contributed by atoms with van der Waals surface area (Å²) in [6, 6.07) is 17.1. The molecule has 0 aliphatic rings. The van der Waals surface area contributed by atoms with Crippen LogP contribution in [0.5, 0.6) is 11.5 Å². The second-order valence-corrected chi connectivity index (χ2v) is 8.56. The topological polar surface area (TPSA) is 91.7 Å². The van der Waals surface area contributed by atoms with Crippen LogP contribution in [0.1, 0.15) is 20.9 Å². The smallest absolute Gasteiger partial charge is 0.348 e. The van der Waals surface area contributed by atoms with Crippen molar-refractivity contribution < 1.29 is 23.8 Å². The van der Waals surface area contributed by atoms with Gasteiger partial charge in [-0.2, -0.15) is 5.10 Å². The predicted octanol–water partition coefficient (Wildman–Crippen LogP) is 3.93. The van der Waals surface area contributed by atoms with Crippen molar-refractivity contribution in [2.24, 2.45) is 0 Å². The average molecular weight is 480 g/mol. The molecule has 0 fully saturated rings. The van der Waals surface area contributed by atoms with Crippen LogP contribution in [0.25, 0.3) is 15.9 Å². The third-order valence-electron chi connectivity index (χ3n) is 5.26. The van der Waals surface area contributed by atoms with Gasteiger partial charge in [-0.1, -0.05) is 24.3 Å². The Hall–Kier alpha value is -3.85. The summed E-state index contributed by atoms with van der Waals surface area (Å²) in [4.78, 5) is 26.0. The minimum absolute atomic E-state index is 0.344. The van der Waals surface area contributed by atoms with Crippen LogP contribution in [0, 0.1) is 6.92 Å². The van der Waals surface area contributed by atoms with Crippen LogP contribution in [0.2, 0.25) is 0 Å². The number of amides is 1. The van der Waals surface area contributed by atoms with Gasteiger partial charge in [0.1, 0.15) is 9.71 Å². The molecule has 0 radical (unpaired) electrons. The van der Waals surface area contributed by atoms with Crippen molar-refractivity contribution in [1.82, 2.24) is 15.1 Å². The number of rotatable bonds is 9. The van der Waals surface area contributed by atoms with E-state index < -0.39 is 5.97 Å². The molecular weight excluding hydrogens is 454 g/mol. The molecule has 0 aliphatic heterocycles. The number of nitrogens with zero attached hydrogens (tertiary/aromatic N) is 2. The first-order valence-corrected chi connectivity index (χ1v) is 11.5. The Morgan fingerprint density at radius 1 is 1.03 bits per heavy atom. The van der Waals surface area contributed by atoms with Gasteiger partial charge in [-0.3, -0.25) is 4.79 Å². The van der Waals surface area contributed by atoms with Crippen molar-refractivity contribution in [2.75, 3.05) is 27.4 Å². The lowest BCUT2D eigenvalue weighted by Crippen LogP contribution is -2.30. The second-order valence-electron chi connectivity index (χ2n) is 7.53. The maximum atomic E-state index is 12.6. The van der Waals surface area contributed by atoms with Crippen LogP contribution in [0.15, 0.2) is 54.6 Å². The Bertz CT molecular complexity index is 1310. The van der Waals surface area contributed by atoms with Gasteiger partial charge in [-0.15, -0.1) is 11.3 Å². The number of thiophene rings is 1. The quantitative estimate of drug-likeness (QED) is 0.366. The number of carbonyl (C=O) groups is 2. The molecule has 4 rings (SSSR count). The molecule has 0 atom stereocenters. The van der Waals surface area contributed by atoms with Gasteiger partial charge >= 0.3 is 5.97 Å². The molecule has 0 bridgehead atoms. The third-order valence-corrected chi connectivity index (χ3v) is 6.36. The van der Waals surface area contributed by atoms with E-state index in [4.69, 9.17) is 14.2 Å². The first kappa shape index (κ1) is 23.3. The highest BCUT2D eigenvalue weighted by Gasteiger charge is 2.19. The number of aryl methyl sites for hydroxylation is 1. The Balaban J connectivity index is 1.32. The zero-order valence-electron chi connectivity index (χ0n) is 19.2. The monoisotopic (exact) mass is 479 g/mol. The Kier molecular flexibility index (Phi) is 7.12. The van der Waals surface area contributed by atoms with Gasteiger partial charge in [0.05, 0.1) is 25.6 Å². The number of carbonyl (C=O) groups excluding carboxylic acids is 2. The number of benzene rings is 2. The van der Waals surface area contributed by atoms with E-state index in [0.29, 0.717) is 29.3 Å². The maximum absolute atomic E-state index is 12.6. The van der Waals surface area contributed by atoms with E-state index in [1.54, 1.807) is 20.3 Å². The number of aromatic nitrogens is 2. The summed E-state index contributed by atoms with van der Waals surface area (Å²) in [5, 5.41) is 8.23. The maximum Gasteiger partial charge on any atom is 0.348 e. The zero-order valence-corrected chi connectivity index (χ0v) is 20.0. The van der Waals surface area contributed by atoms with Gasteiger partial charge in [-0.05, 0) is 49.2 Å². The van der Waals surface area contributed by atoms with Crippen LogP contribution in [-0.2, 0) is 16.0 Å². The summed E-state index contributed by atoms with van der Waals surface area (Å²) in [7, 11) is 3.16. The third kappa shape index (κ3) is 5.04. The second kappa shape index (κ2) is 10.4. The number of ether oxygens (including phenoxy) is 3. The predicted molar refractivity (Wildman–Crippen MR) is 130 cm³/mol. The lowest BCUT2D eigenvalue weighted by atomic mass is 10.1. The van der Waals surface area contributed by atoms with Gasteiger partial charge in [-0.25, -0.2) is 9.48 Å². The number of esters is 1. The van der Waals surface area contributed by atoms with Crippen molar-refractivity contribution in [3.05, 3.63) is 70.7 Å². The summed E-state index contributed by atoms with van der Waals surface area (Å²) in [6.45, 7) is 1.96. The Labute approximate surface area is 201 Å². The fourth-order valence-corrected chi connectivity index (χ4v) is 4.60. The van der Waals surface area contributed by atoms with E-state index in [2.05, 4.69) is 10.4 Å². The van der Waals surface area contributed by atoms with E-state index in [1.165, 1.54) is 11.3 Å². The molecule has 1 amide bonds. The summed E-state index contributed by atoms with van der Waals surface area (Å²) in [6.07, 6.45) is 0.603. The largest absolute Gasteiger partial charge is 0.493 e. The highest BCUT2D eigenvalue weighted by atomic mass is 32.1.